The van der Waals surface area contributed by atoms with Gasteiger partial charge < -0.3 is 10.1 Å². The molecule has 2 aromatic rings. The van der Waals surface area contributed by atoms with Crippen molar-refractivity contribution in [3.8, 4) is 11.5 Å². The van der Waals surface area contributed by atoms with Gasteiger partial charge in [0.1, 0.15) is 11.5 Å². The Balaban J connectivity index is 2.09. The molecule has 19 heavy (non-hydrogen) atoms. The van der Waals surface area contributed by atoms with E-state index >= 15 is 0 Å². The largest absolute Gasteiger partial charge is 0.456 e. The molecular weight excluding hydrogens is 236 g/mol. The van der Waals surface area contributed by atoms with Gasteiger partial charge in [-0.15, -0.1) is 0 Å². The second-order valence-electron chi connectivity index (χ2n) is 4.44. The first-order valence-corrected chi connectivity index (χ1v) is 6.77. The quantitative estimate of drug-likeness (QED) is 0.838. The van der Waals surface area contributed by atoms with Crippen LogP contribution in [0.1, 0.15) is 25.8 Å². The molecule has 0 aliphatic carbocycles. The molecule has 0 saturated heterocycles. The van der Waals surface area contributed by atoms with E-state index in [1.165, 1.54) is 5.56 Å². The number of benzene rings is 1. The molecular formula is C16H20N2O. The zero-order valence-electron chi connectivity index (χ0n) is 11.5. The molecule has 1 N–H and O–H groups in total. The highest BCUT2D eigenvalue weighted by Gasteiger charge is 2.00. The molecule has 1 aromatic heterocycles. The molecule has 1 aromatic carbocycles. The average molecular weight is 256 g/mol. The highest BCUT2D eigenvalue weighted by Crippen LogP contribution is 2.23. The zero-order valence-corrected chi connectivity index (χ0v) is 11.5. The van der Waals surface area contributed by atoms with Crippen LogP contribution in [0.4, 0.5) is 5.69 Å². The third-order valence-electron chi connectivity index (χ3n) is 2.83. The molecule has 0 radical (unpaired) electrons. The van der Waals surface area contributed by atoms with Crippen molar-refractivity contribution in [2.75, 3.05) is 11.9 Å². The number of pyridine rings is 1. The molecule has 100 valence electrons. The van der Waals surface area contributed by atoms with Crippen LogP contribution >= 0.6 is 0 Å². The molecule has 0 amide bonds. The Morgan fingerprint density at radius 1 is 1.11 bits per heavy atom. The number of rotatable bonds is 6. The highest BCUT2D eigenvalue weighted by molar-refractivity contribution is 5.46. The van der Waals surface area contributed by atoms with Gasteiger partial charge in [-0.3, -0.25) is 4.98 Å². The first-order valence-electron chi connectivity index (χ1n) is 6.77. The Hall–Kier alpha value is -2.03. The molecule has 2 rings (SSSR count). The third-order valence-corrected chi connectivity index (χ3v) is 2.83. The van der Waals surface area contributed by atoms with Crippen LogP contribution in [0.5, 0.6) is 11.5 Å². The van der Waals surface area contributed by atoms with E-state index < -0.39 is 0 Å². The molecule has 3 nitrogen and oxygen atoms in total. The molecule has 0 fully saturated rings. The minimum atomic E-state index is 0.759. The van der Waals surface area contributed by atoms with Gasteiger partial charge in [-0.05, 0) is 30.5 Å². The first kappa shape index (κ1) is 13.4. The van der Waals surface area contributed by atoms with Crippen molar-refractivity contribution in [3.63, 3.8) is 0 Å². The zero-order chi connectivity index (χ0) is 13.5. The summed E-state index contributed by atoms with van der Waals surface area (Å²) < 4.78 is 5.84. The molecule has 1 heterocycles. The summed E-state index contributed by atoms with van der Waals surface area (Å²) in [5.74, 6) is 1.61. The van der Waals surface area contributed by atoms with Gasteiger partial charge in [0.25, 0.3) is 0 Å². The molecule has 0 unspecified atom stereocenters. The van der Waals surface area contributed by atoms with Gasteiger partial charge in [-0.1, -0.05) is 26.0 Å². The minimum Gasteiger partial charge on any atom is -0.456 e. The predicted octanol–water partition coefficient (Wildman–Crippen LogP) is 4.26. The van der Waals surface area contributed by atoms with Crippen LogP contribution in [-0.4, -0.2) is 11.5 Å². The van der Waals surface area contributed by atoms with E-state index in [0.29, 0.717) is 0 Å². The standard InChI is InChI=1S/C16H20N2O/c1-3-8-18-14-10-16(12-17-11-14)19-15-7-5-6-13(4-2)9-15/h5-7,9-12,18H,3-4,8H2,1-2H3. The summed E-state index contributed by atoms with van der Waals surface area (Å²) >= 11 is 0. The van der Waals surface area contributed by atoms with Gasteiger partial charge in [-0.25, -0.2) is 0 Å². The summed E-state index contributed by atoms with van der Waals surface area (Å²) in [7, 11) is 0. The smallest absolute Gasteiger partial charge is 0.147 e. The van der Waals surface area contributed by atoms with Gasteiger partial charge in [0.2, 0.25) is 0 Å². The van der Waals surface area contributed by atoms with Crippen molar-refractivity contribution in [1.82, 2.24) is 4.98 Å². The van der Waals surface area contributed by atoms with E-state index in [0.717, 1.165) is 36.6 Å². The summed E-state index contributed by atoms with van der Waals surface area (Å²) in [5, 5.41) is 3.30. The maximum absolute atomic E-state index is 5.84. The van der Waals surface area contributed by atoms with Crippen LogP contribution in [0, 0.1) is 0 Å². The highest BCUT2D eigenvalue weighted by atomic mass is 16.5. The fraction of sp³-hybridized carbons (Fsp3) is 0.312. The summed E-state index contributed by atoms with van der Waals surface area (Å²) in [6.45, 7) is 5.21. The van der Waals surface area contributed by atoms with Crippen LogP contribution < -0.4 is 10.1 Å². The second kappa shape index (κ2) is 6.78. The number of hydrogen-bond acceptors (Lipinski definition) is 3. The number of aromatic nitrogens is 1. The van der Waals surface area contributed by atoms with E-state index in [1.807, 2.05) is 24.4 Å². The van der Waals surface area contributed by atoms with Crippen LogP contribution in [-0.2, 0) is 6.42 Å². The summed E-state index contributed by atoms with van der Waals surface area (Å²) in [5.41, 5.74) is 2.26. The normalized spacial score (nSPS) is 10.2. The number of nitrogens with one attached hydrogen (secondary N) is 1. The van der Waals surface area contributed by atoms with Crippen molar-refractivity contribution >= 4 is 5.69 Å². The van der Waals surface area contributed by atoms with Crippen LogP contribution in [0.3, 0.4) is 0 Å². The molecule has 0 atom stereocenters. The van der Waals surface area contributed by atoms with E-state index in [-0.39, 0.29) is 0 Å². The summed E-state index contributed by atoms with van der Waals surface area (Å²) in [6.07, 6.45) is 5.64. The van der Waals surface area contributed by atoms with Crippen molar-refractivity contribution in [3.05, 3.63) is 48.3 Å². The van der Waals surface area contributed by atoms with Crippen molar-refractivity contribution in [2.24, 2.45) is 0 Å². The van der Waals surface area contributed by atoms with Crippen molar-refractivity contribution in [1.29, 1.82) is 0 Å². The molecule has 0 bridgehead atoms. The van der Waals surface area contributed by atoms with Crippen molar-refractivity contribution in [2.45, 2.75) is 26.7 Å². The van der Waals surface area contributed by atoms with E-state index in [9.17, 15) is 0 Å². The lowest BCUT2D eigenvalue weighted by Gasteiger charge is -2.09. The lowest BCUT2D eigenvalue weighted by Crippen LogP contribution is -2.00. The Labute approximate surface area is 114 Å². The number of hydrogen-bond donors (Lipinski definition) is 1. The monoisotopic (exact) mass is 256 g/mol. The number of anilines is 1. The Morgan fingerprint density at radius 2 is 2.00 bits per heavy atom. The number of aryl methyl sites for hydroxylation is 1. The minimum absolute atomic E-state index is 0.759. The van der Waals surface area contributed by atoms with Crippen LogP contribution in [0.2, 0.25) is 0 Å². The van der Waals surface area contributed by atoms with E-state index in [2.05, 4.69) is 36.3 Å². The van der Waals surface area contributed by atoms with Gasteiger partial charge in [0.05, 0.1) is 18.1 Å². The Bertz CT molecular complexity index is 526. The molecule has 0 aliphatic heterocycles. The van der Waals surface area contributed by atoms with Crippen molar-refractivity contribution < 1.29 is 4.74 Å². The van der Waals surface area contributed by atoms with E-state index in [1.54, 1.807) is 6.20 Å². The van der Waals surface area contributed by atoms with Gasteiger partial charge >= 0.3 is 0 Å². The van der Waals surface area contributed by atoms with Crippen LogP contribution in [0.15, 0.2) is 42.7 Å². The summed E-state index contributed by atoms with van der Waals surface area (Å²) in [6, 6.07) is 10.1. The fourth-order valence-corrected chi connectivity index (χ4v) is 1.81. The Kier molecular flexibility index (Phi) is 4.78. The third kappa shape index (κ3) is 3.98. The topological polar surface area (TPSA) is 34.2 Å². The van der Waals surface area contributed by atoms with Gasteiger partial charge in [0, 0.05) is 12.6 Å². The SMILES string of the molecule is CCCNc1cncc(Oc2cccc(CC)c2)c1. The fourth-order valence-electron chi connectivity index (χ4n) is 1.81. The molecule has 0 spiro atoms. The molecule has 0 aliphatic rings. The average Bonchev–Trinajstić information content (AvgIpc) is 2.46. The molecule has 3 heteroatoms. The number of nitrogens with zero attached hydrogens (tertiary/aromatic N) is 1. The maximum Gasteiger partial charge on any atom is 0.147 e. The van der Waals surface area contributed by atoms with E-state index in [4.69, 9.17) is 4.74 Å². The predicted molar refractivity (Wildman–Crippen MR) is 78.9 cm³/mol. The maximum atomic E-state index is 5.84. The van der Waals surface area contributed by atoms with Gasteiger partial charge in [-0.2, -0.15) is 0 Å². The Morgan fingerprint density at radius 3 is 2.79 bits per heavy atom. The number of ether oxygens (including phenoxy) is 1. The summed E-state index contributed by atoms with van der Waals surface area (Å²) in [4.78, 5) is 4.19. The second-order valence-corrected chi connectivity index (χ2v) is 4.44. The lowest BCUT2D eigenvalue weighted by molar-refractivity contribution is 0.480. The van der Waals surface area contributed by atoms with Crippen LogP contribution in [0.25, 0.3) is 0 Å². The first-order chi connectivity index (χ1) is 9.31. The van der Waals surface area contributed by atoms with Gasteiger partial charge in [0.15, 0.2) is 0 Å². The lowest BCUT2D eigenvalue weighted by atomic mass is 10.2. The molecule has 0 saturated carbocycles.